The van der Waals surface area contributed by atoms with Gasteiger partial charge in [-0.25, -0.2) is 0 Å². The highest BCUT2D eigenvalue weighted by atomic mass is 14.5. The van der Waals surface area contributed by atoms with E-state index in [1.807, 2.05) is 0 Å². The SMILES string of the molecule is CCCc1ccc(C(CCN)C(C)(C)C)cc1. The average molecular weight is 233 g/mol. The van der Waals surface area contributed by atoms with Crippen molar-refractivity contribution in [2.24, 2.45) is 11.1 Å². The summed E-state index contributed by atoms with van der Waals surface area (Å²) in [6.07, 6.45) is 3.46. The van der Waals surface area contributed by atoms with E-state index in [-0.39, 0.29) is 5.41 Å². The van der Waals surface area contributed by atoms with Gasteiger partial charge in [0, 0.05) is 0 Å². The largest absolute Gasteiger partial charge is 0.330 e. The molecule has 1 aromatic carbocycles. The molecule has 0 heterocycles. The molecular formula is C16H27N. The van der Waals surface area contributed by atoms with Gasteiger partial charge in [0.15, 0.2) is 0 Å². The zero-order valence-corrected chi connectivity index (χ0v) is 11.8. The van der Waals surface area contributed by atoms with E-state index in [0.29, 0.717) is 5.92 Å². The molecule has 0 amide bonds. The highest BCUT2D eigenvalue weighted by Crippen LogP contribution is 2.37. The molecule has 0 spiro atoms. The second-order valence-corrected chi connectivity index (χ2v) is 5.99. The van der Waals surface area contributed by atoms with E-state index >= 15 is 0 Å². The second-order valence-electron chi connectivity index (χ2n) is 5.99. The zero-order chi connectivity index (χ0) is 12.9. The summed E-state index contributed by atoms with van der Waals surface area (Å²) in [5, 5.41) is 0. The van der Waals surface area contributed by atoms with Crippen LogP contribution in [0.15, 0.2) is 24.3 Å². The van der Waals surface area contributed by atoms with E-state index in [1.165, 1.54) is 24.0 Å². The number of aryl methyl sites for hydroxylation is 1. The van der Waals surface area contributed by atoms with Crippen LogP contribution in [0.1, 0.15) is 57.6 Å². The van der Waals surface area contributed by atoms with Crippen LogP contribution < -0.4 is 5.73 Å². The number of benzene rings is 1. The summed E-state index contributed by atoms with van der Waals surface area (Å²) in [6, 6.07) is 9.12. The predicted octanol–water partition coefficient (Wildman–Crippen LogP) is 4.12. The Morgan fingerprint density at radius 3 is 2.12 bits per heavy atom. The van der Waals surface area contributed by atoms with Gasteiger partial charge in [0.05, 0.1) is 0 Å². The van der Waals surface area contributed by atoms with Crippen molar-refractivity contribution < 1.29 is 0 Å². The lowest BCUT2D eigenvalue weighted by atomic mass is 9.74. The van der Waals surface area contributed by atoms with Crippen molar-refractivity contribution in [1.29, 1.82) is 0 Å². The number of rotatable bonds is 5. The first kappa shape index (κ1) is 14.2. The van der Waals surface area contributed by atoms with E-state index in [1.54, 1.807) is 0 Å². The van der Waals surface area contributed by atoms with Gasteiger partial charge < -0.3 is 5.73 Å². The first-order valence-electron chi connectivity index (χ1n) is 6.78. The first-order valence-corrected chi connectivity index (χ1v) is 6.78. The van der Waals surface area contributed by atoms with Gasteiger partial charge in [-0.1, -0.05) is 58.4 Å². The lowest BCUT2D eigenvalue weighted by molar-refractivity contribution is 0.308. The fraction of sp³-hybridized carbons (Fsp3) is 0.625. The van der Waals surface area contributed by atoms with E-state index in [0.717, 1.165) is 13.0 Å². The third-order valence-corrected chi connectivity index (χ3v) is 3.42. The number of hydrogen-bond donors (Lipinski definition) is 1. The highest BCUT2D eigenvalue weighted by Gasteiger charge is 2.25. The Balaban J connectivity index is 2.87. The van der Waals surface area contributed by atoms with Crippen LogP contribution in [0.25, 0.3) is 0 Å². The fourth-order valence-electron chi connectivity index (χ4n) is 2.47. The molecule has 1 nitrogen and oxygen atoms in total. The molecule has 1 heteroatoms. The second kappa shape index (κ2) is 6.20. The van der Waals surface area contributed by atoms with Crippen LogP contribution >= 0.6 is 0 Å². The molecule has 1 aromatic rings. The van der Waals surface area contributed by atoms with Crippen molar-refractivity contribution in [3.8, 4) is 0 Å². The smallest absolute Gasteiger partial charge is 0.00712 e. The van der Waals surface area contributed by atoms with Crippen molar-refractivity contribution in [2.45, 2.75) is 52.9 Å². The van der Waals surface area contributed by atoms with Gasteiger partial charge in [-0.15, -0.1) is 0 Å². The van der Waals surface area contributed by atoms with E-state index in [2.05, 4.69) is 52.0 Å². The third kappa shape index (κ3) is 4.16. The van der Waals surface area contributed by atoms with Gasteiger partial charge in [-0.05, 0) is 41.8 Å². The summed E-state index contributed by atoms with van der Waals surface area (Å²) in [6.45, 7) is 9.88. The van der Waals surface area contributed by atoms with Gasteiger partial charge in [0.2, 0.25) is 0 Å². The van der Waals surface area contributed by atoms with Gasteiger partial charge in [0.1, 0.15) is 0 Å². The van der Waals surface area contributed by atoms with Crippen LogP contribution in [0, 0.1) is 5.41 Å². The van der Waals surface area contributed by atoms with Crippen LogP contribution in [-0.4, -0.2) is 6.54 Å². The standard InChI is InChI=1S/C16H27N/c1-5-6-13-7-9-14(10-8-13)15(11-12-17)16(2,3)4/h7-10,15H,5-6,11-12,17H2,1-4H3. The average Bonchev–Trinajstić information content (AvgIpc) is 2.26. The molecule has 0 radical (unpaired) electrons. The van der Waals surface area contributed by atoms with E-state index < -0.39 is 0 Å². The van der Waals surface area contributed by atoms with Gasteiger partial charge in [-0.3, -0.25) is 0 Å². The maximum absolute atomic E-state index is 5.74. The molecule has 0 aliphatic carbocycles. The highest BCUT2D eigenvalue weighted by molar-refractivity contribution is 5.26. The summed E-state index contributed by atoms with van der Waals surface area (Å²) in [5.41, 5.74) is 8.90. The molecule has 1 atom stereocenters. The maximum atomic E-state index is 5.74. The quantitative estimate of drug-likeness (QED) is 0.813. The van der Waals surface area contributed by atoms with Crippen LogP contribution in [0.3, 0.4) is 0 Å². The monoisotopic (exact) mass is 233 g/mol. The molecular weight excluding hydrogens is 206 g/mol. The lowest BCUT2D eigenvalue weighted by Crippen LogP contribution is -2.21. The minimum atomic E-state index is 0.283. The fourth-order valence-corrected chi connectivity index (χ4v) is 2.47. The van der Waals surface area contributed by atoms with Crippen molar-refractivity contribution in [1.82, 2.24) is 0 Å². The molecule has 1 unspecified atom stereocenters. The van der Waals surface area contributed by atoms with Crippen molar-refractivity contribution in [3.63, 3.8) is 0 Å². The van der Waals surface area contributed by atoms with Crippen LogP contribution in [0.5, 0.6) is 0 Å². The Hall–Kier alpha value is -0.820. The van der Waals surface area contributed by atoms with Crippen LogP contribution in [-0.2, 0) is 6.42 Å². The van der Waals surface area contributed by atoms with Crippen molar-refractivity contribution >= 4 is 0 Å². The third-order valence-electron chi connectivity index (χ3n) is 3.42. The van der Waals surface area contributed by atoms with Gasteiger partial charge >= 0.3 is 0 Å². The van der Waals surface area contributed by atoms with E-state index in [4.69, 9.17) is 5.73 Å². The van der Waals surface area contributed by atoms with Gasteiger partial charge in [-0.2, -0.15) is 0 Å². The molecule has 0 fully saturated rings. The first-order chi connectivity index (χ1) is 7.99. The van der Waals surface area contributed by atoms with Crippen LogP contribution in [0.2, 0.25) is 0 Å². The Kier molecular flexibility index (Phi) is 5.20. The molecule has 0 saturated carbocycles. The zero-order valence-electron chi connectivity index (χ0n) is 11.8. The summed E-state index contributed by atoms with van der Waals surface area (Å²) in [5.74, 6) is 0.558. The van der Waals surface area contributed by atoms with Crippen molar-refractivity contribution in [2.75, 3.05) is 6.54 Å². The topological polar surface area (TPSA) is 26.0 Å². The minimum Gasteiger partial charge on any atom is -0.330 e. The number of nitrogens with two attached hydrogens (primary N) is 1. The maximum Gasteiger partial charge on any atom is -0.00712 e. The molecule has 1 rings (SSSR count). The number of hydrogen-bond acceptors (Lipinski definition) is 1. The Morgan fingerprint density at radius 1 is 1.12 bits per heavy atom. The molecule has 0 saturated heterocycles. The lowest BCUT2D eigenvalue weighted by Gasteiger charge is -2.31. The normalized spacial score (nSPS) is 13.7. The molecule has 0 bridgehead atoms. The minimum absolute atomic E-state index is 0.283. The summed E-state index contributed by atoms with van der Waals surface area (Å²) in [7, 11) is 0. The Bertz CT molecular complexity index is 318. The van der Waals surface area contributed by atoms with Crippen molar-refractivity contribution in [3.05, 3.63) is 35.4 Å². The predicted molar refractivity (Wildman–Crippen MR) is 76.3 cm³/mol. The Labute approximate surface area is 106 Å². The summed E-state index contributed by atoms with van der Waals surface area (Å²) < 4.78 is 0. The Morgan fingerprint density at radius 2 is 1.71 bits per heavy atom. The molecule has 96 valence electrons. The molecule has 0 aromatic heterocycles. The molecule has 0 aliphatic heterocycles. The van der Waals surface area contributed by atoms with E-state index in [9.17, 15) is 0 Å². The summed E-state index contributed by atoms with van der Waals surface area (Å²) >= 11 is 0. The summed E-state index contributed by atoms with van der Waals surface area (Å²) in [4.78, 5) is 0. The van der Waals surface area contributed by atoms with Gasteiger partial charge in [0.25, 0.3) is 0 Å². The molecule has 2 N–H and O–H groups in total. The molecule has 17 heavy (non-hydrogen) atoms. The van der Waals surface area contributed by atoms with Crippen LogP contribution in [0.4, 0.5) is 0 Å². The molecule has 0 aliphatic rings.